The van der Waals surface area contributed by atoms with Crippen LogP contribution in [0.3, 0.4) is 0 Å². The van der Waals surface area contributed by atoms with Gasteiger partial charge in [-0.2, -0.15) is 5.26 Å². The molecule has 146 valence electrons. The van der Waals surface area contributed by atoms with Crippen molar-refractivity contribution in [3.63, 3.8) is 0 Å². The fourth-order valence-electron chi connectivity index (χ4n) is 2.76. The molecule has 0 aliphatic carbocycles. The number of para-hydroxylation sites is 1. The SMILES string of the molecule is COC(=O)CSC1=C(C#N)[C@@H](c2ccccc2[N+](=O)[O-])[C@@H](C(=O)OC)C(=O)N1. The van der Waals surface area contributed by atoms with Crippen molar-refractivity contribution < 1.29 is 28.8 Å². The van der Waals surface area contributed by atoms with Crippen molar-refractivity contribution in [2.75, 3.05) is 20.0 Å². The van der Waals surface area contributed by atoms with Gasteiger partial charge in [0, 0.05) is 11.6 Å². The molecule has 0 saturated heterocycles. The summed E-state index contributed by atoms with van der Waals surface area (Å²) in [6.07, 6.45) is 0. The summed E-state index contributed by atoms with van der Waals surface area (Å²) in [6.45, 7) is 0. The molecule has 2 atom stereocenters. The number of carbonyl (C=O) groups excluding carboxylic acids is 3. The molecular formula is C17H15N3O7S. The molecule has 0 radical (unpaired) electrons. The molecule has 1 amide bonds. The summed E-state index contributed by atoms with van der Waals surface area (Å²) in [4.78, 5) is 47.1. The van der Waals surface area contributed by atoms with Crippen LogP contribution >= 0.6 is 11.8 Å². The Bertz CT molecular complexity index is 906. The van der Waals surface area contributed by atoms with Gasteiger partial charge >= 0.3 is 11.9 Å². The highest BCUT2D eigenvalue weighted by molar-refractivity contribution is 8.03. The van der Waals surface area contributed by atoms with Gasteiger partial charge in [0.1, 0.15) is 5.92 Å². The van der Waals surface area contributed by atoms with E-state index < -0.39 is 34.6 Å². The molecule has 1 aromatic rings. The van der Waals surface area contributed by atoms with Crippen molar-refractivity contribution in [3.8, 4) is 6.07 Å². The molecule has 10 nitrogen and oxygen atoms in total. The Morgan fingerprint density at radius 2 is 2.00 bits per heavy atom. The van der Waals surface area contributed by atoms with Gasteiger partial charge in [-0.25, -0.2) is 0 Å². The lowest BCUT2D eigenvalue weighted by Gasteiger charge is -2.30. The zero-order chi connectivity index (χ0) is 20.8. The lowest BCUT2D eigenvalue weighted by molar-refractivity contribution is -0.385. The fraction of sp³-hybridized carbons (Fsp3) is 0.294. The van der Waals surface area contributed by atoms with Gasteiger partial charge in [0.25, 0.3) is 5.69 Å². The van der Waals surface area contributed by atoms with E-state index in [0.29, 0.717) is 0 Å². The molecule has 0 spiro atoms. The van der Waals surface area contributed by atoms with E-state index in [4.69, 9.17) is 0 Å². The number of nitro groups is 1. The maximum absolute atomic E-state index is 12.6. The van der Waals surface area contributed by atoms with Crippen molar-refractivity contribution in [3.05, 3.63) is 50.5 Å². The number of nitro benzene ring substituents is 1. The van der Waals surface area contributed by atoms with Crippen LogP contribution in [0.25, 0.3) is 0 Å². The van der Waals surface area contributed by atoms with Crippen molar-refractivity contribution in [2.24, 2.45) is 5.92 Å². The van der Waals surface area contributed by atoms with Crippen LogP contribution in [0.1, 0.15) is 11.5 Å². The van der Waals surface area contributed by atoms with E-state index in [0.717, 1.165) is 18.9 Å². The largest absolute Gasteiger partial charge is 0.468 e. The average Bonchev–Trinajstić information content (AvgIpc) is 2.70. The third-order valence-electron chi connectivity index (χ3n) is 4.01. The van der Waals surface area contributed by atoms with Crippen LogP contribution < -0.4 is 5.32 Å². The summed E-state index contributed by atoms with van der Waals surface area (Å²) in [6, 6.07) is 7.42. The van der Waals surface area contributed by atoms with E-state index in [1.807, 2.05) is 6.07 Å². The van der Waals surface area contributed by atoms with E-state index in [9.17, 15) is 29.8 Å². The summed E-state index contributed by atoms with van der Waals surface area (Å²) < 4.78 is 9.21. The molecule has 0 saturated carbocycles. The van der Waals surface area contributed by atoms with Crippen molar-refractivity contribution in [1.29, 1.82) is 5.26 Å². The smallest absolute Gasteiger partial charge is 0.319 e. The number of allylic oxidation sites excluding steroid dienone is 1. The standard InChI is InChI=1S/C17H15N3O7S/c1-26-12(21)8-28-16-10(7-18)13(14(15(22)19-16)17(23)27-2)9-5-3-4-6-11(9)20(24)25/h3-6,13-14H,8H2,1-2H3,(H,19,22)/t13-,14-/m1/s1. The molecule has 28 heavy (non-hydrogen) atoms. The Hall–Kier alpha value is -3.39. The monoisotopic (exact) mass is 405 g/mol. The van der Waals surface area contributed by atoms with Gasteiger partial charge in [-0.15, -0.1) is 0 Å². The molecule has 0 unspecified atom stereocenters. The highest BCUT2D eigenvalue weighted by Gasteiger charge is 2.46. The number of hydrogen-bond donors (Lipinski definition) is 1. The van der Waals surface area contributed by atoms with Gasteiger partial charge in [-0.05, 0) is 0 Å². The maximum Gasteiger partial charge on any atom is 0.319 e. The first kappa shape index (κ1) is 20.9. The number of rotatable bonds is 6. The number of nitrogens with zero attached hydrogens (tertiary/aromatic N) is 2. The molecule has 1 aliphatic heterocycles. The van der Waals surface area contributed by atoms with Crippen LogP contribution in [-0.2, 0) is 23.9 Å². The Labute approximate surface area is 163 Å². The molecule has 11 heteroatoms. The molecule has 1 heterocycles. The van der Waals surface area contributed by atoms with Gasteiger partial charge in [-0.3, -0.25) is 24.5 Å². The summed E-state index contributed by atoms with van der Waals surface area (Å²) in [5.74, 6) is -5.27. The summed E-state index contributed by atoms with van der Waals surface area (Å²) in [5, 5.41) is 23.6. The Balaban J connectivity index is 2.67. The van der Waals surface area contributed by atoms with E-state index >= 15 is 0 Å². The Kier molecular flexibility index (Phi) is 6.73. The first-order valence-corrected chi connectivity index (χ1v) is 8.80. The lowest BCUT2D eigenvalue weighted by Crippen LogP contribution is -2.44. The number of nitrogens with one attached hydrogen (secondary N) is 1. The van der Waals surface area contributed by atoms with Crippen LogP contribution in [0.2, 0.25) is 0 Å². The van der Waals surface area contributed by atoms with Crippen molar-refractivity contribution >= 4 is 35.3 Å². The molecule has 1 N–H and O–H groups in total. The maximum atomic E-state index is 12.6. The third-order valence-corrected chi connectivity index (χ3v) is 5.00. The summed E-state index contributed by atoms with van der Waals surface area (Å²) >= 11 is 0.829. The second-order valence-electron chi connectivity index (χ2n) is 5.50. The Morgan fingerprint density at radius 3 is 2.57 bits per heavy atom. The molecule has 0 bridgehead atoms. The van der Waals surface area contributed by atoms with Crippen molar-refractivity contribution in [1.82, 2.24) is 5.32 Å². The molecule has 1 aliphatic rings. The molecule has 1 aromatic carbocycles. The normalized spacial score (nSPS) is 18.7. The predicted molar refractivity (Wildman–Crippen MR) is 96.6 cm³/mol. The van der Waals surface area contributed by atoms with E-state index in [1.165, 1.54) is 31.4 Å². The first-order chi connectivity index (χ1) is 13.3. The van der Waals surface area contributed by atoms with Gasteiger partial charge in [0.2, 0.25) is 5.91 Å². The first-order valence-electron chi connectivity index (χ1n) is 7.81. The quantitative estimate of drug-likeness (QED) is 0.319. The number of methoxy groups -OCH3 is 2. The van der Waals surface area contributed by atoms with Gasteiger partial charge in [0.15, 0.2) is 0 Å². The zero-order valence-corrected chi connectivity index (χ0v) is 15.6. The van der Waals surface area contributed by atoms with Crippen LogP contribution in [0.5, 0.6) is 0 Å². The lowest BCUT2D eigenvalue weighted by atomic mass is 9.78. The van der Waals surface area contributed by atoms with Gasteiger partial charge in [-0.1, -0.05) is 30.0 Å². The predicted octanol–water partition coefficient (Wildman–Crippen LogP) is 1.24. The number of nitriles is 1. The van der Waals surface area contributed by atoms with Gasteiger partial charge < -0.3 is 14.8 Å². The van der Waals surface area contributed by atoms with E-state index in [-0.39, 0.29) is 27.6 Å². The number of hydrogen-bond acceptors (Lipinski definition) is 9. The average molecular weight is 405 g/mol. The van der Waals surface area contributed by atoms with Gasteiger partial charge in [0.05, 0.1) is 47.5 Å². The number of benzene rings is 1. The highest BCUT2D eigenvalue weighted by Crippen LogP contribution is 2.43. The minimum atomic E-state index is -1.50. The van der Waals surface area contributed by atoms with Crippen molar-refractivity contribution in [2.45, 2.75) is 5.92 Å². The van der Waals surface area contributed by atoms with Crippen LogP contribution in [0, 0.1) is 27.4 Å². The van der Waals surface area contributed by atoms with Crippen LogP contribution in [0.4, 0.5) is 5.69 Å². The third kappa shape index (κ3) is 4.12. The van der Waals surface area contributed by atoms with E-state index in [2.05, 4.69) is 14.8 Å². The number of amides is 1. The summed E-state index contributed by atoms with van der Waals surface area (Å²) in [5.41, 5.74) is -0.412. The number of esters is 2. The van der Waals surface area contributed by atoms with E-state index in [1.54, 1.807) is 0 Å². The second kappa shape index (κ2) is 9.01. The fourth-order valence-corrected chi connectivity index (χ4v) is 3.64. The molecule has 0 fully saturated rings. The number of carbonyl (C=O) groups is 3. The second-order valence-corrected chi connectivity index (χ2v) is 6.49. The molecule has 0 aromatic heterocycles. The minimum Gasteiger partial charge on any atom is -0.468 e. The molecule has 2 rings (SSSR count). The highest BCUT2D eigenvalue weighted by atomic mass is 32.2. The van der Waals surface area contributed by atoms with Crippen LogP contribution in [-0.4, -0.2) is 42.7 Å². The zero-order valence-electron chi connectivity index (χ0n) is 14.8. The number of ether oxygens (including phenoxy) is 2. The number of thioether (sulfide) groups is 1. The Morgan fingerprint density at radius 1 is 1.32 bits per heavy atom. The summed E-state index contributed by atoms with van der Waals surface area (Å²) in [7, 11) is 2.26. The molecular weight excluding hydrogens is 390 g/mol. The topological polar surface area (TPSA) is 149 Å². The van der Waals surface area contributed by atoms with Crippen LogP contribution in [0.15, 0.2) is 34.9 Å². The minimum absolute atomic E-state index is 0.0190.